The highest BCUT2D eigenvalue weighted by Crippen LogP contribution is 2.07. The maximum Gasteiger partial charge on any atom is 0.285 e. The zero-order valence-electron chi connectivity index (χ0n) is 9.52. The largest absolute Gasteiger partial charge is 0.309 e. The number of pyridine rings is 2. The molecule has 0 atom stereocenters. The number of aromatic nitrogens is 2. The molecule has 0 aliphatic heterocycles. The van der Waals surface area contributed by atoms with Crippen LogP contribution in [0.1, 0.15) is 5.56 Å². The van der Waals surface area contributed by atoms with Crippen molar-refractivity contribution < 1.29 is 4.92 Å². The van der Waals surface area contributed by atoms with E-state index in [1.54, 1.807) is 12.4 Å². The van der Waals surface area contributed by atoms with Crippen molar-refractivity contribution in [2.75, 3.05) is 0 Å². The predicted octanol–water partition coefficient (Wildman–Crippen LogP) is 1.39. The molecule has 0 aliphatic carbocycles. The summed E-state index contributed by atoms with van der Waals surface area (Å²) in [5.41, 5.74) is 0.711. The molecule has 0 radical (unpaired) electrons. The first-order chi connectivity index (χ1) is 8.66. The van der Waals surface area contributed by atoms with E-state index in [2.05, 4.69) is 4.98 Å². The zero-order valence-corrected chi connectivity index (χ0v) is 9.52. The van der Waals surface area contributed by atoms with Crippen LogP contribution in [0.15, 0.2) is 47.7 Å². The second-order valence-electron chi connectivity index (χ2n) is 3.78. The van der Waals surface area contributed by atoms with Gasteiger partial charge in [-0.25, -0.2) is 0 Å². The minimum Gasteiger partial charge on any atom is -0.309 e. The molecule has 0 spiro atoms. The average molecular weight is 245 g/mol. The molecule has 0 bridgehead atoms. The molecule has 0 aromatic carbocycles. The van der Waals surface area contributed by atoms with E-state index < -0.39 is 4.92 Å². The summed E-state index contributed by atoms with van der Waals surface area (Å²) in [5, 5.41) is 10.6. The number of rotatable bonds is 4. The summed E-state index contributed by atoms with van der Waals surface area (Å²) >= 11 is 0. The molecule has 0 N–H and O–H groups in total. The molecule has 0 fully saturated rings. The summed E-state index contributed by atoms with van der Waals surface area (Å²) in [5.74, 6) is 0. The van der Waals surface area contributed by atoms with Crippen LogP contribution in [-0.2, 0) is 13.0 Å². The van der Waals surface area contributed by atoms with Gasteiger partial charge in [0.1, 0.15) is 0 Å². The fraction of sp³-hybridized carbons (Fsp3) is 0.167. The SMILES string of the molecule is O=c1ccc([N+](=O)[O-])cn1CCc1ccncc1. The van der Waals surface area contributed by atoms with Crippen molar-refractivity contribution in [2.24, 2.45) is 0 Å². The third kappa shape index (κ3) is 2.79. The smallest absolute Gasteiger partial charge is 0.285 e. The summed E-state index contributed by atoms with van der Waals surface area (Å²) < 4.78 is 1.35. The van der Waals surface area contributed by atoms with Crippen LogP contribution in [0.3, 0.4) is 0 Å². The molecular weight excluding hydrogens is 234 g/mol. The Bertz CT molecular complexity index is 607. The van der Waals surface area contributed by atoms with E-state index in [1.807, 2.05) is 12.1 Å². The van der Waals surface area contributed by atoms with Gasteiger partial charge in [0, 0.05) is 31.1 Å². The quantitative estimate of drug-likeness (QED) is 0.602. The highest BCUT2D eigenvalue weighted by Gasteiger charge is 2.07. The van der Waals surface area contributed by atoms with E-state index in [4.69, 9.17) is 0 Å². The molecule has 6 nitrogen and oxygen atoms in total. The lowest BCUT2D eigenvalue weighted by Crippen LogP contribution is -2.19. The maximum atomic E-state index is 11.5. The van der Waals surface area contributed by atoms with Gasteiger partial charge in [0.15, 0.2) is 0 Å². The van der Waals surface area contributed by atoms with Gasteiger partial charge < -0.3 is 4.57 Å². The molecule has 92 valence electrons. The van der Waals surface area contributed by atoms with Crippen LogP contribution < -0.4 is 5.56 Å². The molecule has 2 aromatic heterocycles. The normalized spacial score (nSPS) is 10.2. The van der Waals surface area contributed by atoms with Crippen LogP contribution in [0.25, 0.3) is 0 Å². The number of hydrogen-bond acceptors (Lipinski definition) is 4. The molecule has 0 saturated heterocycles. The van der Waals surface area contributed by atoms with Crippen molar-refractivity contribution in [3.8, 4) is 0 Å². The molecule has 2 aromatic rings. The monoisotopic (exact) mass is 245 g/mol. The number of aryl methyl sites for hydroxylation is 2. The minimum atomic E-state index is -0.512. The molecule has 6 heteroatoms. The van der Waals surface area contributed by atoms with Crippen molar-refractivity contribution >= 4 is 5.69 Å². The van der Waals surface area contributed by atoms with Crippen molar-refractivity contribution in [2.45, 2.75) is 13.0 Å². The van der Waals surface area contributed by atoms with Crippen LogP contribution in [-0.4, -0.2) is 14.5 Å². The highest BCUT2D eigenvalue weighted by molar-refractivity contribution is 5.24. The lowest BCUT2D eigenvalue weighted by atomic mass is 10.2. The second-order valence-corrected chi connectivity index (χ2v) is 3.78. The van der Waals surface area contributed by atoms with Gasteiger partial charge in [0.25, 0.3) is 11.2 Å². The van der Waals surface area contributed by atoms with Crippen molar-refractivity contribution in [1.29, 1.82) is 0 Å². The Balaban J connectivity index is 2.16. The third-order valence-corrected chi connectivity index (χ3v) is 2.57. The molecule has 2 rings (SSSR count). The number of hydrogen-bond donors (Lipinski definition) is 0. The molecule has 0 aliphatic rings. The van der Waals surface area contributed by atoms with E-state index in [0.29, 0.717) is 13.0 Å². The predicted molar refractivity (Wildman–Crippen MR) is 65.3 cm³/mol. The van der Waals surface area contributed by atoms with Crippen LogP contribution >= 0.6 is 0 Å². The Hall–Kier alpha value is -2.50. The minimum absolute atomic E-state index is 0.0793. The molecular formula is C12H11N3O3. The average Bonchev–Trinajstić information content (AvgIpc) is 2.38. The first kappa shape index (κ1) is 12.0. The summed E-state index contributed by atoms with van der Waals surface area (Å²) in [4.78, 5) is 25.5. The van der Waals surface area contributed by atoms with Crippen LogP contribution in [0.5, 0.6) is 0 Å². The topological polar surface area (TPSA) is 78.0 Å². The van der Waals surface area contributed by atoms with Gasteiger partial charge >= 0.3 is 0 Å². The Labute approximate surface area is 103 Å². The lowest BCUT2D eigenvalue weighted by Gasteiger charge is -2.04. The van der Waals surface area contributed by atoms with Gasteiger partial charge in [-0.2, -0.15) is 0 Å². The standard InChI is InChI=1S/C12H11N3O3/c16-12-2-1-11(15(17)18)9-14(12)8-5-10-3-6-13-7-4-10/h1-4,6-7,9H,5,8H2. The second kappa shape index (κ2) is 5.22. The van der Waals surface area contributed by atoms with Gasteiger partial charge in [0.05, 0.1) is 11.1 Å². The number of nitrogens with zero attached hydrogens (tertiary/aromatic N) is 3. The fourth-order valence-corrected chi connectivity index (χ4v) is 1.60. The third-order valence-electron chi connectivity index (χ3n) is 2.57. The Morgan fingerprint density at radius 1 is 1.22 bits per heavy atom. The summed E-state index contributed by atoms with van der Waals surface area (Å²) in [7, 11) is 0. The Morgan fingerprint density at radius 2 is 1.94 bits per heavy atom. The Morgan fingerprint density at radius 3 is 2.61 bits per heavy atom. The zero-order chi connectivity index (χ0) is 13.0. The van der Waals surface area contributed by atoms with Gasteiger partial charge in [-0.3, -0.25) is 19.9 Å². The lowest BCUT2D eigenvalue weighted by molar-refractivity contribution is -0.385. The van der Waals surface area contributed by atoms with E-state index in [-0.39, 0.29) is 11.2 Å². The summed E-state index contributed by atoms with van der Waals surface area (Å²) in [6, 6.07) is 6.13. The van der Waals surface area contributed by atoms with Crippen molar-refractivity contribution in [3.05, 3.63) is 68.9 Å². The van der Waals surface area contributed by atoms with Gasteiger partial charge in [0.2, 0.25) is 0 Å². The molecule has 18 heavy (non-hydrogen) atoms. The maximum absolute atomic E-state index is 11.5. The summed E-state index contributed by atoms with van der Waals surface area (Å²) in [6.45, 7) is 0.407. The van der Waals surface area contributed by atoms with E-state index in [0.717, 1.165) is 5.56 Å². The van der Waals surface area contributed by atoms with E-state index >= 15 is 0 Å². The van der Waals surface area contributed by atoms with E-state index in [9.17, 15) is 14.9 Å². The molecule has 0 amide bonds. The number of nitro groups is 1. The van der Waals surface area contributed by atoms with Crippen molar-refractivity contribution in [3.63, 3.8) is 0 Å². The fourth-order valence-electron chi connectivity index (χ4n) is 1.60. The molecule has 2 heterocycles. The van der Waals surface area contributed by atoms with Gasteiger partial charge in [-0.1, -0.05) is 0 Å². The van der Waals surface area contributed by atoms with Crippen LogP contribution in [0.4, 0.5) is 5.69 Å². The van der Waals surface area contributed by atoms with Gasteiger partial charge in [-0.15, -0.1) is 0 Å². The van der Waals surface area contributed by atoms with Crippen LogP contribution in [0.2, 0.25) is 0 Å². The first-order valence-corrected chi connectivity index (χ1v) is 5.40. The van der Waals surface area contributed by atoms with Crippen LogP contribution in [0, 0.1) is 10.1 Å². The summed E-state index contributed by atoms with van der Waals surface area (Å²) in [6.07, 6.45) is 5.24. The van der Waals surface area contributed by atoms with E-state index in [1.165, 1.54) is 22.9 Å². The Kier molecular flexibility index (Phi) is 3.47. The molecule has 0 unspecified atom stereocenters. The van der Waals surface area contributed by atoms with Gasteiger partial charge in [-0.05, 0) is 24.1 Å². The van der Waals surface area contributed by atoms with Crippen molar-refractivity contribution in [1.82, 2.24) is 9.55 Å². The molecule has 0 saturated carbocycles. The highest BCUT2D eigenvalue weighted by atomic mass is 16.6. The first-order valence-electron chi connectivity index (χ1n) is 5.40.